The highest BCUT2D eigenvalue weighted by atomic mass is 19.1. The number of anilines is 2. The predicted octanol–water partition coefficient (Wildman–Crippen LogP) is 4.27. The molecule has 4 rings (SSSR count). The van der Waals surface area contributed by atoms with E-state index in [4.69, 9.17) is 9.47 Å². The van der Waals surface area contributed by atoms with E-state index in [1.54, 1.807) is 23.1 Å². The van der Waals surface area contributed by atoms with E-state index < -0.39 is 5.82 Å². The number of fused-ring (bicyclic) bond motifs is 1. The molecule has 0 saturated heterocycles. The zero-order chi connectivity index (χ0) is 21.6. The van der Waals surface area contributed by atoms with E-state index in [-0.39, 0.29) is 18.4 Å². The van der Waals surface area contributed by atoms with Crippen LogP contribution in [-0.2, 0) is 4.79 Å². The van der Waals surface area contributed by atoms with Crippen molar-refractivity contribution in [3.63, 3.8) is 0 Å². The molecule has 1 N–H and O–H groups in total. The Hall–Kier alpha value is -3.87. The van der Waals surface area contributed by atoms with Gasteiger partial charge >= 0.3 is 0 Å². The summed E-state index contributed by atoms with van der Waals surface area (Å²) in [6, 6.07) is 19.9. The number of ether oxygens (including phenoxy) is 2. The molecular weight excluding hydrogens is 399 g/mol. The van der Waals surface area contributed by atoms with Crippen LogP contribution in [0, 0.1) is 5.82 Å². The van der Waals surface area contributed by atoms with E-state index >= 15 is 0 Å². The van der Waals surface area contributed by atoms with Gasteiger partial charge in [-0.1, -0.05) is 18.2 Å². The molecule has 0 unspecified atom stereocenters. The fraction of sp³-hybridized carbons (Fsp3) is 0.167. The Labute approximate surface area is 179 Å². The molecule has 3 aromatic rings. The summed E-state index contributed by atoms with van der Waals surface area (Å²) in [4.78, 5) is 26.5. The summed E-state index contributed by atoms with van der Waals surface area (Å²) in [5.74, 6) is 0.415. The van der Waals surface area contributed by atoms with Crippen molar-refractivity contribution in [3.8, 4) is 11.5 Å². The minimum absolute atomic E-state index is 0.0339. The van der Waals surface area contributed by atoms with Gasteiger partial charge in [-0.2, -0.15) is 0 Å². The van der Waals surface area contributed by atoms with E-state index in [9.17, 15) is 14.0 Å². The number of carbonyl (C=O) groups excluding carboxylic acids is 2. The maximum atomic E-state index is 13.1. The molecule has 1 heterocycles. The van der Waals surface area contributed by atoms with Gasteiger partial charge in [0.2, 0.25) is 0 Å². The SMILES string of the molecule is O=C(Nc1ccc2c(c1)N(CCCOc1ccccc1)C(=O)CO2)c1ccc(F)cc1. The Morgan fingerprint density at radius 2 is 1.84 bits per heavy atom. The number of carbonyl (C=O) groups is 2. The number of rotatable bonds is 7. The van der Waals surface area contributed by atoms with Crippen LogP contribution in [0.5, 0.6) is 11.5 Å². The Kier molecular flexibility index (Phi) is 6.12. The van der Waals surface area contributed by atoms with Crippen LogP contribution in [0.25, 0.3) is 0 Å². The summed E-state index contributed by atoms with van der Waals surface area (Å²) in [6.45, 7) is 0.885. The first kappa shape index (κ1) is 20.4. The number of nitrogens with zero attached hydrogens (tertiary/aromatic N) is 1. The molecule has 7 heteroatoms. The number of amides is 2. The lowest BCUT2D eigenvalue weighted by Crippen LogP contribution is -2.39. The highest BCUT2D eigenvalue weighted by Gasteiger charge is 2.25. The second-order valence-electron chi connectivity index (χ2n) is 6.99. The molecule has 0 aromatic heterocycles. The number of nitrogens with one attached hydrogen (secondary N) is 1. The number of hydrogen-bond acceptors (Lipinski definition) is 4. The zero-order valence-electron chi connectivity index (χ0n) is 16.7. The molecule has 1 aliphatic heterocycles. The standard InChI is InChI=1S/C24H21FN2O4/c25-18-9-7-17(8-10-18)24(29)26-19-11-12-22-21(15-19)27(23(28)16-31-22)13-4-14-30-20-5-2-1-3-6-20/h1-3,5-12,15H,4,13-14,16H2,(H,26,29). The highest BCUT2D eigenvalue weighted by molar-refractivity contribution is 6.05. The molecule has 158 valence electrons. The summed E-state index contributed by atoms with van der Waals surface area (Å²) < 4.78 is 24.3. The lowest BCUT2D eigenvalue weighted by molar-refractivity contribution is -0.121. The van der Waals surface area contributed by atoms with Crippen molar-refractivity contribution in [2.75, 3.05) is 30.0 Å². The summed E-state index contributed by atoms with van der Waals surface area (Å²) in [5, 5.41) is 2.77. The molecule has 0 atom stereocenters. The van der Waals surface area contributed by atoms with E-state index in [1.807, 2.05) is 30.3 Å². The van der Waals surface area contributed by atoms with Crippen molar-refractivity contribution >= 4 is 23.2 Å². The van der Waals surface area contributed by atoms with E-state index in [1.165, 1.54) is 24.3 Å². The first-order chi connectivity index (χ1) is 15.1. The molecule has 0 fully saturated rings. The third-order valence-electron chi connectivity index (χ3n) is 4.80. The molecule has 0 bridgehead atoms. The second kappa shape index (κ2) is 9.30. The number of benzene rings is 3. The summed E-state index contributed by atoms with van der Waals surface area (Å²) in [6.07, 6.45) is 0.631. The fourth-order valence-electron chi connectivity index (χ4n) is 3.26. The molecule has 0 aliphatic carbocycles. The molecule has 31 heavy (non-hydrogen) atoms. The smallest absolute Gasteiger partial charge is 0.265 e. The number of halogens is 1. The van der Waals surface area contributed by atoms with Crippen LogP contribution < -0.4 is 19.7 Å². The van der Waals surface area contributed by atoms with Crippen LogP contribution in [0.3, 0.4) is 0 Å². The van der Waals surface area contributed by atoms with Crippen molar-refractivity contribution < 1.29 is 23.5 Å². The van der Waals surface area contributed by atoms with Gasteiger partial charge in [0.15, 0.2) is 6.61 Å². The first-order valence-electron chi connectivity index (χ1n) is 9.92. The Bertz CT molecular complexity index is 1070. The second-order valence-corrected chi connectivity index (χ2v) is 6.99. The normalized spacial score (nSPS) is 12.7. The average molecular weight is 420 g/mol. The van der Waals surface area contributed by atoms with Crippen LogP contribution in [0.15, 0.2) is 72.8 Å². The third kappa shape index (κ3) is 5.01. The monoisotopic (exact) mass is 420 g/mol. The van der Waals surface area contributed by atoms with Crippen LogP contribution in [0.1, 0.15) is 16.8 Å². The molecule has 0 saturated carbocycles. The van der Waals surface area contributed by atoms with Gasteiger partial charge in [0, 0.05) is 17.8 Å². The predicted molar refractivity (Wildman–Crippen MR) is 115 cm³/mol. The topological polar surface area (TPSA) is 67.9 Å². The van der Waals surface area contributed by atoms with E-state index in [0.717, 1.165) is 5.75 Å². The van der Waals surface area contributed by atoms with Crippen molar-refractivity contribution in [2.24, 2.45) is 0 Å². The minimum atomic E-state index is -0.409. The van der Waals surface area contributed by atoms with Crippen molar-refractivity contribution in [3.05, 3.63) is 84.2 Å². The lowest BCUT2D eigenvalue weighted by Gasteiger charge is -2.30. The Balaban J connectivity index is 1.43. The fourth-order valence-corrected chi connectivity index (χ4v) is 3.26. The Morgan fingerprint density at radius 1 is 1.06 bits per heavy atom. The summed E-state index contributed by atoms with van der Waals surface area (Å²) >= 11 is 0. The van der Waals surface area contributed by atoms with Crippen LogP contribution in [0.4, 0.5) is 15.8 Å². The van der Waals surface area contributed by atoms with Crippen molar-refractivity contribution in [2.45, 2.75) is 6.42 Å². The maximum Gasteiger partial charge on any atom is 0.265 e. The molecule has 3 aromatic carbocycles. The molecular formula is C24H21FN2O4. The number of hydrogen-bond donors (Lipinski definition) is 1. The van der Waals surface area contributed by atoms with Gasteiger partial charge < -0.3 is 19.7 Å². The highest BCUT2D eigenvalue weighted by Crippen LogP contribution is 2.34. The van der Waals surface area contributed by atoms with Crippen molar-refractivity contribution in [1.29, 1.82) is 0 Å². The molecule has 2 amide bonds. The summed E-state index contributed by atoms with van der Waals surface area (Å²) in [7, 11) is 0. The van der Waals surface area contributed by atoms with Gasteiger partial charge in [-0.3, -0.25) is 9.59 Å². The van der Waals surface area contributed by atoms with Crippen LogP contribution in [-0.4, -0.2) is 31.6 Å². The maximum absolute atomic E-state index is 13.1. The van der Waals surface area contributed by atoms with Gasteiger partial charge in [0.25, 0.3) is 11.8 Å². The van der Waals surface area contributed by atoms with Gasteiger partial charge in [0.1, 0.15) is 17.3 Å². The quantitative estimate of drug-likeness (QED) is 0.580. The van der Waals surface area contributed by atoms with E-state index in [2.05, 4.69) is 5.32 Å². The van der Waals surface area contributed by atoms with Gasteiger partial charge in [0.05, 0.1) is 12.3 Å². The van der Waals surface area contributed by atoms with E-state index in [0.29, 0.717) is 42.3 Å². The Morgan fingerprint density at radius 3 is 2.61 bits per heavy atom. The van der Waals surface area contributed by atoms with Crippen molar-refractivity contribution in [1.82, 2.24) is 0 Å². The molecule has 0 spiro atoms. The molecule has 6 nitrogen and oxygen atoms in total. The van der Waals surface area contributed by atoms with Gasteiger partial charge in [-0.25, -0.2) is 4.39 Å². The minimum Gasteiger partial charge on any atom is -0.494 e. The van der Waals surface area contributed by atoms with Crippen LogP contribution in [0.2, 0.25) is 0 Å². The van der Waals surface area contributed by atoms with Gasteiger partial charge in [-0.15, -0.1) is 0 Å². The largest absolute Gasteiger partial charge is 0.494 e. The molecule has 1 aliphatic rings. The average Bonchev–Trinajstić information content (AvgIpc) is 2.79. The van der Waals surface area contributed by atoms with Crippen LogP contribution >= 0.6 is 0 Å². The first-order valence-corrected chi connectivity index (χ1v) is 9.92. The summed E-state index contributed by atoms with van der Waals surface area (Å²) in [5.41, 5.74) is 1.44. The molecule has 0 radical (unpaired) electrons. The third-order valence-corrected chi connectivity index (χ3v) is 4.80. The lowest BCUT2D eigenvalue weighted by atomic mass is 10.1. The van der Waals surface area contributed by atoms with Gasteiger partial charge in [-0.05, 0) is 61.0 Å². The zero-order valence-corrected chi connectivity index (χ0v) is 16.7. The number of para-hydroxylation sites is 1.